The molecule has 1 aromatic carbocycles. The van der Waals surface area contributed by atoms with Crippen LogP contribution >= 0.6 is 0 Å². The second kappa shape index (κ2) is 7.75. The van der Waals surface area contributed by atoms with Gasteiger partial charge in [-0.15, -0.1) is 0 Å². The van der Waals surface area contributed by atoms with Crippen molar-refractivity contribution in [3.05, 3.63) is 42.0 Å². The van der Waals surface area contributed by atoms with Crippen molar-refractivity contribution in [3.8, 4) is 0 Å². The van der Waals surface area contributed by atoms with E-state index in [1.165, 1.54) is 35.7 Å². The number of ketones is 2. The van der Waals surface area contributed by atoms with Crippen LogP contribution in [0.4, 0.5) is 0 Å². The zero-order valence-corrected chi connectivity index (χ0v) is 20.1. The summed E-state index contributed by atoms with van der Waals surface area (Å²) < 4.78 is 1.34. The topological polar surface area (TPSA) is 34.1 Å². The fraction of sp³-hybridized carbons (Fsp3) is 0.630. The van der Waals surface area contributed by atoms with Crippen molar-refractivity contribution in [2.45, 2.75) is 70.5 Å². The normalized spacial score (nSPS) is 40.2. The quantitative estimate of drug-likeness (QED) is 0.572. The minimum atomic E-state index is 0.201. The molecule has 6 atom stereocenters. The van der Waals surface area contributed by atoms with Crippen LogP contribution in [0, 0.1) is 34.5 Å². The SMILES string of the molecule is CC12CCC(=O)C=C1CCC1C2CCC2(C)C1CC[C@@H]2C(=O)C[Se]c1ccccc1. The molecule has 0 aromatic heterocycles. The van der Waals surface area contributed by atoms with E-state index in [9.17, 15) is 9.59 Å². The molecule has 0 bridgehead atoms. The summed E-state index contributed by atoms with van der Waals surface area (Å²) in [5, 5.41) is 0.755. The van der Waals surface area contributed by atoms with E-state index >= 15 is 0 Å². The average Bonchev–Trinajstić information content (AvgIpc) is 3.10. The van der Waals surface area contributed by atoms with Gasteiger partial charge in [-0.2, -0.15) is 0 Å². The first kappa shape index (κ1) is 20.7. The summed E-state index contributed by atoms with van der Waals surface area (Å²) in [6.45, 7) is 4.90. The maximum atomic E-state index is 13.3. The van der Waals surface area contributed by atoms with Crippen LogP contribution in [0.2, 0.25) is 5.32 Å². The maximum absolute atomic E-state index is 13.3. The third-order valence-corrected chi connectivity index (χ3v) is 11.6. The van der Waals surface area contributed by atoms with Gasteiger partial charge in [0.15, 0.2) is 0 Å². The molecule has 0 aliphatic heterocycles. The Morgan fingerprint density at radius 1 is 1.00 bits per heavy atom. The van der Waals surface area contributed by atoms with Crippen LogP contribution < -0.4 is 4.46 Å². The van der Waals surface area contributed by atoms with Gasteiger partial charge in [0.05, 0.1) is 0 Å². The number of hydrogen-bond acceptors (Lipinski definition) is 2. The summed E-state index contributed by atoms with van der Waals surface area (Å²) in [5.74, 6) is 3.31. The van der Waals surface area contributed by atoms with Crippen molar-refractivity contribution in [1.29, 1.82) is 0 Å². The summed E-state index contributed by atoms with van der Waals surface area (Å²) >= 11 is 0.261. The van der Waals surface area contributed by atoms with Gasteiger partial charge in [-0.3, -0.25) is 0 Å². The summed E-state index contributed by atoms with van der Waals surface area (Å²) in [5.41, 5.74) is 1.88. The number of carbonyl (C=O) groups excluding carboxylic acids is 2. The summed E-state index contributed by atoms with van der Waals surface area (Å²) in [4.78, 5) is 25.4. The Morgan fingerprint density at radius 2 is 1.80 bits per heavy atom. The van der Waals surface area contributed by atoms with Crippen molar-refractivity contribution >= 4 is 31.0 Å². The third kappa shape index (κ3) is 3.28. The predicted octanol–water partition coefficient (Wildman–Crippen LogP) is 5.15. The molecule has 3 fully saturated rings. The van der Waals surface area contributed by atoms with E-state index in [4.69, 9.17) is 0 Å². The molecular weight excluding hydrogens is 435 g/mol. The van der Waals surface area contributed by atoms with Crippen LogP contribution in [0.3, 0.4) is 0 Å². The molecule has 0 spiro atoms. The van der Waals surface area contributed by atoms with Crippen LogP contribution in [-0.2, 0) is 9.59 Å². The van der Waals surface area contributed by atoms with Crippen LogP contribution in [0.25, 0.3) is 0 Å². The van der Waals surface area contributed by atoms with E-state index in [1.54, 1.807) is 0 Å². The van der Waals surface area contributed by atoms with Gasteiger partial charge in [-0.05, 0) is 0 Å². The van der Waals surface area contributed by atoms with Crippen molar-refractivity contribution in [2.75, 3.05) is 0 Å². The summed E-state index contributed by atoms with van der Waals surface area (Å²) in [6.07, 6.45) is 10.9. The van der Waals surface area contributed by atoms with Crippen LogP contribution in [0.5, 0.6) is 0 Å². The Hall–Kier alpha value is -1.18. The van der Waals surface area contributed by atoms with Gasteiger partial charge >= 0.3 is 188 Å². The van der Waals surface area contributed by atoms with Crippen molar-refractivity contribution in [3.63, 3.8) is 0 Å². The third-order valence-electron chi connectivity index (χ3n) is 9.47. The van der Waals surface area contributed by atoms with Gasteiger partial charge in [0.25, 0.3) is 0 Å². The Morgan fingerprint density at radius 3 is 2.60 bits per heavy atom. The van der Waals surface area contributed by atoms with E-state index in [0.717, 1.165) is 36.9 Å². The molecule has 4 aliphatic rings. The molecule has 0 radical (unpaired) electrons. The fourth-order valence-corrected chi connectivity index (χ4v) is 9.66. The number of Topliss-reactive ketones (excluding diaryl/α,β-unsaturated/α-hetero) is 1. The first-order valence-corrected chi connectivity index (χ1v) is 13.9. The number of rotatable bonds is 4. The molecule has 5 rings (SSSR count). The molecule has 1 aromatic rings. The van der Waals surface area contributed by atoms with Gasteiger partial charge in [0, 0.05) is 0 Å². The van der Waals surface area contributed by atoms with Crippen molar-refractivity contribution in [1.82, 2.24) is 0 Å². The summed E-state index contributed by atoms with van der Waals surface area (Å²) in [7, 11) is 0. The minimum absolute atomic E-state index is 0.201. The molecule has 5 unspecified atom stereocenters. The monoisotopic (exact) mass is 470 g/mol. The van der Waals surface area contributed by atoms with E-state index in [1.807, 2.05) is 6.08 Å². The predicted molar refractivity (Wildman–Crippen MR) is 122 cm³/mol. The zero-order valence-electron chi connectivity index (χ0n) is 18.4. The molecular formula is C27H34O2Se. The van der Waals surface area contributed by atoms with Crippen molar-refractivity contribution in [2.24, 2.45) is 34.5 Å². The molecule has 3 heteroatoms. The Bertz CT molecular complexity index is 874. The average molecular weight is 470 g/mol. The second-order valence-corrected chi connectivity index (χ2v) is 12.9. The number of hydrogen-bond donors (Lipinski definition) is 0. The van der Waals surface area contributed by atoms with Gasteiger partial charge < -0.3 is 0 Å². The second-order valence-electron chi connectivity index (χ2n) is 10.7. The number of allylic oxidation sites excluding steroid dienone is 1. The van der Waals surface area contributed by atoms with E-state index in [0.29, 0.717) is 23.4 Å². The Kier molecular flexibility index (Phi) is 5.35. The van der Waals surface area contributed by atoms with Crippen molar-refractivity contribution < 1.29 is 9.59 Å². The number of fused-ring (bicyclic) bond motifs is 5. The first-order chi connectivity index (χ1) is 14.4. The van der Waals surface area contributed by atoms with Crippen LogP contribution in [-0.4, -0.2) is 26.5 Å². The van der Waals surface area contributed by atoms with E-state index < -0.39 is 0 Å². The van der Waals surface area contributed by atoms with E-state index in [-0.39, 0.29) is 31.7 Å². The van der Waals surface area contributed by atoms with Crippen LogP contribution in [0.1, 0.15) is 65.2 Å². The molecule has 4 aliphatic carbocycles. The standard InChI is InChI=1S/C27H34O2Se/c1-26-14-12-19(28)16-18(26)8-9-21-22-10-11-24(27(22,2)15-13-23(21)26)25(29)17-30-20-6-4-3-5-7-20/h3-7,16,21-24H,8-15,17H2,1-2H3/t21?,22?,23?,24-,26?,27?/m1/s1. The van der Waals surface area contributed by atoms with Gasteiger partial charge in [0.2, 0.25) is 0 Å². The van der Waals surface area contributed by atoms with E-state index in [2.05, 4.69) is 44.2 Å². The van der Waals surface area contributed by atoms with Gasteiger partial charge in [-0.25, -0.2) is 0 Å². The number of carbonyl (C=O) groups is 2. The molecule has 0 heterocycles. The molecule has 160 valence electrons. The fourth-order valence-electron chi connectivity index (χ4n) is 7.86. The zero-order chi connectivity index (χ0) is 20.9. The summed E-state index contributed by atoms with van der Waals surface area (Å²) in [6, 6.07) is 10.6. The number of benzene rings is 1. The first-order valence-electron chi connectivity index (χ1n) is 11.9. The molecule has 3 saturated carbocycles. The molecule has 0 amide bonds. The Balaban J connectivity index is 1.32. The molecule has 0 N–H and O–H groups in total. The molecule has 2 nitrogen and oxygen atoms in total. The molecule has 0 saturated heterocycles. The molecule has 30 heavy (non-hydrogen) atoms. The van der Waals surface area contributed by atoms with Crippen LogP contribution in [0.15, 0.2) is 42.0 Å². The van der Waals surface area contributed by atoms with Gasteiger partial charge in [0.1, 0.15) is 0 Å². The van der Waals surface area contributed by atoms with Gasteiger partial charge in [-0.1, -0.05) is 0 Å². The Labute approximate surface area is 187 Å².